The first kappa shape index (κ1) is 14.3. The summed E-state index contributed by atoms with van der Waals surface area (Å²) in [5.74, 6) is -0.331. The lowest BCUT2D eigenvalue weighted by molar-refractivity contribution is 0.0699. The number of rotatable bonds is 6. The highest BCUT2D eigenvalue weighted by atomic mass is 16.4. The van der Waals surface area contributed by atoms with Gasteiger partial charge in [-0.25, -0.2) is 9.78 Å². The van der Waals surface area contributed by atoms with E-state index in [0.29, 0.717) is 16.7 Å². The van der Waals surface area contributed by atoms with E-state index in [-0.39, 0.29) is 5.56 Å². The minimum atomic E-state index is -0.933. The molecule has 0 saturated heterocycles. The van der Waals surface area contributed by atoms with Crippen molar-refractivity contribution < 1.29 is 9.90 Å². The number of carbonyl (C=O) groups is 1. The molecule has 0 atom stereocenters. The summed E-state index contributed by atoms with van der Waals surface area (Å²) in [7, 11) is 2.04. The van der Waals surface area contributed by atoms with Crippen LogP contribution in [0.25, 0.3) is 10.9 Å². The quantitative estimate of drug-likeness (QED) is 0.845. The molecule has 0 unspecified atom stereocenters. The van der Waals surface area contributed by atoms with Gasteiger partial charge in [0.05, 0.1) is 11.1 Å². The molecule has 1 heterocycles. The zero-order chi connectivity index (χ0) is 14.5. The van der Waals surface area contributed by atoms with Crippen molar-refractivity contribution in [1.29, 1.82) is 0 Å². The maximum absolute atomic E-state index is 11.3. The van der Waals surface area contributed by atoms with Gasteiger partial charge < -0.3 is 15.3 Å². The fourth-order valence-electron chi connectivity index (χ4n) is 1.98. The molecular formula is C15H19N3O2. The summed E-state index contributed by atoms with van der Waals surface area (Å²) >= 11 is 0. The lowest BCUT2D eigenvalue weighted by Gasteiger charge is -2.15. The number of nitrogens with zero attached hydrogens (tertiary/aromatic N) is 2. The highest BCUT2D eigenvalue weighted by molar-refractivity contribution is 6.03. The topological polar surface area (TPSA) is 65.5 Å². The van der Waals surface area contributed by atoms with Crippen molar-refractivity contribution in [3.8, 4) is 0 Å². The Kier molecular flexibility index (Phi) is 4.53. The molecule has 1 aromatic carbocycles. The number of aromatic carboxylic acids is 1. The van der Waals surface area contributed by atoms with Crippen molar-refractivity contribution in [2.75, 3.05) is 32.0 Å². The predicted octanol–water partition coefficient (Wildman–Crippen LogP) is 2.30. The van der Waals surface area contributed by atoms with Gasteiger partial charge in [0.1, 0.15) is 5.82 Å². The van der Waals surface area contributed by atoms with Crippen molar-refractivity contribution in [3.63, 3.8) is 0 Å². The molecule has 0 amide bonds. The number of benzene rings is 1. The van der Waals surface area contributed by atoms with Gasteiger partial charge in [-0.3, -0.25) is 0 Å². The molecule has 5 nitrogen and oxygen atoms in total. The monoisotopic (exact) mass is 273 g/mol. The van der Waals surface area contributed by atoms with Gasteiger partial charge in [-0.15, -0.1) is 0 Å². The van der Waals surface area contributed by atoms with Gasteiger partial charge in [0.15, 0.2) is 0 Å². The molecule has 0 saturated carbocycles. The van der Waals surface area contributed by atoms with E-state index in [1.165, 1.54) is 0 Å². The zero-order valence-corrected chi connectivity index (χ0v) is 11.8. The highest BCUT2D eigenvalue weighted by Crippen LogP contribution is 2.20. The van der Waals surface area contributed by atoms with Crippen LogP contribution >= 0.6 is 0 Å². The molecule has 0 bridgehead atoms. The minimum Gasteiger partial charge on any atom is -0.478 e. The Balaban J connectivity index is 2.24. The SMILES string of the molecule is CCN(C)CCNc1cc(C(=O)O)c2ccccc2n1. The van der Waals surface area contributed by atoms with Gasteiger partial charge in [-0.1, -0.05) is 25.1 Å². The Hall–Kier alpha value is -2.14. The van der Waals surface area contributed by atoms with Gasteiger partial charge in [0.25, 0.3) is 0 Å². The van der Waals surface area contributed by atoms with Gasteiger partial charge >= 0.3 is 5.97 Å². The van der Waals surface area contributed by atoms with Gasteiger partial charge in [0, 0.05) is 18.5 Å². The molecule has 0 fully saturated rings. The van der Waals surface area contributed by atoms with Crippen LogP contribution in [0.4, 0.5) is 5.82 Å². The Morgan fingerprint density at radius 2 is 2.15 bits per heavy atom. The first-order valence-corrected chi connectivity index (χ1v) is 6.67. The third kappa shape index (κ3) is 3.24. The molecule has 1 aromatic heterocycles. The Morgan fingerprint density at radius 1 is 1.40 bits per heavy atom. The third-order valence-electron chi connectivity index (χ3n) is 3.29. The number of pyridine rings is 1. The lowest BCUT2D eigenvalue weighted by atomic mass is 10.1. The zero-order valence-electron chi connectivity index (χ0n) is 11.8. The molecule has 20 heavy (non-hydrogen) atoms. The second-order valence-electron chi connectivity index (χ2n) is 4.70. The smallest absolute Gasteiger partial charge is 0.336 e. The Bertz CT molecular complexity index is 613. The first-order chi connectivity index (χ1) is 9.61. The van der Waals surface area contributed by atoms with E-state index in [1.807, 2.05) is 25.2 Å². The van der Waals surface area contributed by atoms with Crippen LogP contribution in [0.2, 0.25) is 0 Å². The van der Waals surface area contributed by atoms with Crippen molar-refractivity contribution in [2.45, 2.75) is 6.92 Å². The number of carboxylic acid groups (broad SMARTS) is 1. The average molecular weight is 273 g/mol. The number of hydrogen-bond acceptors (Lipinski definition) is 4. The molecule has 0 spiro atoms. The van der Waals surface area contributed by atoms with E-state index in [2.05, 4.69) is 22.1 Å². The fourth-order valence-corrected chi connectivity index (χ4v) is 1.98. The second kappa shape index (κ2) is 6.34. The average Bonchev–Trinajstić information content (AvgIpc) is 2.46. The predicted molar refractivity (Wildman–Crippen MR) is 80.4 cm³/mol. The molecule has 0 radical (unpaired) electrons. The van der Waals surface area contributed by atoms with Gasteiger partial charge in [-0.05, 0) is 25.7 Å². The first-order valence-electron chi connectivity index (χ1n) is 6.67. The normalized spacial score (nSPS) is 10.9. The van der Waals surface area contributed by atoms with Crippen LogP contribution in [0.5, 0.6) is 0 Å². The molecule has 5 heteroatoms. The van der Waals surface area contributed by atoms with Crippen LogP contribution in [-0.2, 0) is 0 Å². The maximum atomic E-state index is 11.3. The highest BCUT2D eigenvalue weighted by Gasteiger charge is 2.11. The van der Waals surface area contributed by atoms with Crippen LogP contribution in [0.1, 0.15) is 17.3 Å². The second-order valence-corrected chi connectivity index (χ2v) is 4.70. The number of carboxylic acids is 1. The van der Waals surface area contributed by atoms with E-state index in [9.17, 15) is 9.90 Å². The number of hydrogen-bond donors (Lipinski definition) is 2. The van der Waals surface area contributed by atoms with E-state index in [0.717, 1.165) is 19.6 Å². The van der Waals surface area contributed by atoms with E-state index in [1.54, 1.807) is 12.1 Å². The number of para-hydroxylation sites is 1. The summed E-state index contributed by atoms with van der Waals surface area (Å²) < 4.78 is 0. The van der Waals surface area contributed by atoms with Crippen LogP contribution in [0.3, 0.4) is 0 Å². The van der Waals surface area contributed by atoms with Crippen molar-refractivity contribution in [1.82, 2.24) is 9.88 Å². The summed E-state index contributed by atoms with van der Waals surface area (Å²) in [6, 6.07) is 8.87. The van der Waals surface area contributed by atoms with Crippen LogP contribution in [0, 0.1) is 0 Å². The molecular weight excluding hydrogens is 254 g/mol. The Labute approximate surface area is 118 Å². The molecule has 0 aliphatic carbocycles. The summed E-state index contributed by atoms with van der Waals surface area (Å²) in [6.07, 6.45) is 0. The van der Waals surface area contributed by atoms with Gasteiger partial charge in [0.2, 0.25) is 0 Å². The standard InChI is InChI=1S/C15H19N3O2/c1-3-18(2)9-8-16-14-10-12(15(19)20)11-6-4-5-7-13(11)17-14/h4-7,10H,3,8-9H2,1-2H3,(H,16,17)(H,19,20). The molecule has 2 aromatic rings. The summed E-state index contributed by atoms with van der Waals surface area (Å²) in [6.45, 7) is 4.69. The Morgan fingerprint density at radius 3 is 2.85 bits per heavy atom. The molecule has 106 valence electrons. The molecule has 0 aliphatic heterocycles. The van der Waals surface area contributed by atoms with Crippen LogP contribution < -0.4 is 5.32 Å². The van der Waals surface area contributed by atoms with Crippen LogP contribution in [-0.4, -0.2) is 47.6 Å². The maximum Gasteiger partial charge on any atom is 0.336 e. The third-order valence-corrected chi connectivity index (χ3v) is 3.29. The summed E-state index contributed by atoms with van der Waals surface area (Å²) in [5.41, 5.74) is 0.973. The summed E-state index contributed by atoms with van der Waals surface area (Å²) in [4.78, 5) is 18.0. The molecule has 0 aliphatic rings. The van der Waals surface area contributed by atoms with Crippen LogP contribution in [0.15, 0.2) is 30.3 Å². The van der Waals surface area contributed by atoms with Crippen molar-refractivity contribution >= 4 is 22.7 Å². The van der Waals surface area contributed by atoms with E-state index < -0.39 is 5.97 Å². The number of fused-ring (bicyclic) bond motifs is 1. The largest absolute Gasteiger partial charge is 0.478 e. The number of anilines is 1. The van der Waals surface area contributed by atoms with E-state index in [4.69, 9.17) is 0 Å². The molecule has 2 rings (SSSR count). The molecule has 2 N–H and O–H groups in total. The van der Waals surface area contributed by atoms with Crippen molar-refractivity contribution in [3.05, 3.63) is 35.9 Å². The minimum absolute atomic E-state index is 0.280. The number of likely N-dealkylation sites (N-methyl/N-ethyl adjacent to an activating group) is 1. The van der Waals surface area contributed by atoms with Gasteiger partial charge in [-0.2, -0.15) is 0 Å². The van der Waals surface area contributed by atoms with Crippen molar-refractivity contribution in [2.24, 2.45) is 0 Å². The lowest BCUT2D eigenvalue weighted by Crippen LogP contribution is -2.25. The van der Waals surface area contributed by atoms with E-state index >= 15 is 0 Å². The summed E-state index contributed by atoms with van der Waals surface area (Å²) in [5, 5.41) is 13.1. The number of nitrogens with one attached hydrogen (secondary N) is 1. The fraction of sp³-hybridized carbons (Fsp3) is 0.333. The number of aromatic nitrogens is 1.